The monoisotopic (exact) mass is 542 g/mol. The van der Waals surface area contributed by atoms with E-state index in [9.17, 15) is 10.2 Å². The third-order valence-corrected chi connectivity index (χ3v) is 7.85. The molecule has 0 radical (unpaired) electrons. The number of hydrogen-bond donors (Lipinski definition) is 2. The van der Waals surface area contributed by atoms with Gasteiger partial charge in [-0.05, 0) is 37.8 Å². The normalized spacial score (nSPS) is 13.3. The molecule has 0 heterocycles. The summed E-state index contributed by atoms with van der Waals surface area (Å²) in [5.74, 6) is 0.752. The molecule has 2 atom stereocenters. The van der Waals surface area contributed by atoms with Crippen LogP contribution < -0.4 is 0 Å². The average Bonchev–Trinajstić information content (AvgIpc) is 2.73. The first-order valence-electron chi connectivity index (χ1n) is 10.5. The van der Waals surface area contributed by atoms with E-state index in [1.807, 2.05) is 48.2 Å². The molecule has 2 N–H and O–H groups in total. The lowest BCUT2D eigenvalue weighted by Crippen LogP contribution is -2.03. The number of para-hydroxylation sites is 2. The quantitative estimate of drug-likeness (QED) is 0.185. The summed E-state index contributed by atoms with van der Waals surface area (Å²) in [7, 11) is 0. The number of aromatic hydroxyl groups is 2. The van der Waals surface area contributed by atoms with Crippen LogP contribution >= 0.6 is 43.6 Å². The first-order chi connectivity index (χ1) is 14.2. The van der Waals surface area contributed by atoms with Crippen molar-refractivity contribution in [1.29, 1.82) is 0 Å². The van der Waals surface area contributed by atoms with Crippen LogP contribution in [0.4, 0.5) is 0 Å². The van der Waals surface area contributed by atoms with E-state index < -0.39 is 0 Å². The van der Waals surface area contributed by atoms with Crippen LogP contribution in [0.1, 0.15) is 73.0 Å². The molecule has 0 aliphatic heterocycles. The number of phenolic OH excluding ortho intramolecular Hbond substituents is 2. The minimum absolute atomic E-state index is 0.215. The number of rotatable bonds is 14. The van der Waals surface area contributed by atoms with Crippen molar-refractivity contribution in [1.82, 2.24) is 0 Å². The number of benzene rings is 2. The van der Waals surface area contributed by atoms with Crippen molar-refractivity contribution in [2.45, 2.75) is 61.9 Å². The molecule has 0 bridgehead atoms. The molecule has 2 unspecified atom stereocenters. The Kier molecular flexibility index (Phi) is 12.2. The highest BCUT2D eigenvalue weighted by molar-refractivity contribution is 9.09. The summed E-state index contributed by atoms with van der Waals surface area (Å²) >= 11 is 8.93. The molecule has 0 saturated heterocycles. The van der Waals surface area contributed by atoms with Gasteiger partial charge in [0.1, 0.15) is 11.5 Å². The molecule has 0 fully saturated rings. The Hall–Kier alpha value is -0.650. The summed E-state index contributed by atoms with van der Waals surface area (Å²) in [5.41, 5.74) is 2.02. The summed E-state index contributed by atoms with van der Waals surface area (Å²) < 4.78 is 0. The Balaban J connectivity index is 2.20. The van der Waals surface area contributed by atoms with Gasteiger partial charge in [-0.1, -0.05) is 93.9 Å². The van der Waals surface area contributed by atoms with Gasteiger partial charge in [0.2, 0.25) is 0 Å². The lowest BCUT2D eigenvalue weighted by atomic mass is 10.0. The maximum absolute atomic E-state index is 10.5. The van der Waals surface area contributed by atoms with Crippen LogP contribution in [0.5, 0.6) is 11.5 Å². The Labute approximate surface area is 196 Å². The van der Waals surface area contributed by atoms with Crippen molar-refractivity contribution < 1.29 is 10.2 Å². The zero-order valence-corrected chi connectivity index (χ0v) is 20.9. The van der Waals surface area contributed by atoms with E-state index in [2.05, 4.69) is 31.9 Å². The summed E-state index contributed by atoms with van der Waals surface area (Å²) in [5, 5.41) is 23.5. The van der Waals surface area contributed by atoms with Crippen molar-refractivity contribution in [3.63, 3.8) is 0 Å². The van der Waals surface area contributed by atoms with Gasteiger partial charge in [0.15, 0.2) is 0 Å². The standard InChI is InChI=1S/C24H32Br2O2S/c25-17-9-1-3-15-23(19-11-5-7-13-21(19)27)29-24(16-4-2-10-18-26)20-12-6-8-14-22(20)28/h5-8,11-14,23-24,27-28H,1-4,9-10,15-18H2. The number of thioether (sulfide) groups is 1. The van der Waals surface area contributed by atoms with Gasteiger partial charge in [-0.25, -0.2) is 0 Å². The van der Waals surface area contributed by atoms with Gasteiger partial charge in [0, 0.05) is 32.3 Å². The number of alkyl halides is 2. The van der Waals surface area contributed by atoms with E-state index in [4.69, 9.17) is 0 Å². The zero-order chi connectivity index (χ0) is 20.9. The zero-order valence-electron chi connectivity index (χ0n) is 16.9. The van der Waals surface area contributed by atoms with Crippen LogP contribution in [0, 0.1) is 0 Å². The fourth-order valence-electron chi connectivity index (χ4n) is 3.51. The van der Waals surface area contributed by atoms with Gasteiger partial charge in [-0.2, -0.15) is 0 Å². The Morgan fingerprint density at radius 1 is 0.621 bits per heavy atom. The Morgan fingerprint density at radius 2 is 1.03 bits per heavy atom. The fourth-order valence-corrected chi connectivity index (χ4v) is 6.00. The molecule has 0 saturated carbocycles. The average molecular weight is 544 g/mol. The van der Waals surface area contributed by atoms with Gasteiger partial charge in [0.25, 0.3) is 0 Å². The molecule has 2 aromatic carbocycles. The van der Waals surface area contributed by atoms with Gasteiger partial charge < -0.3 is 10.2 Å². The van der Waals surface area contributed by atoms with Crippen LogP contribution in [-0.2, 0) is 0 Å². The summed E-state index contributed by atoms with van der Waals surface area (Å²) in [6, 6.07) is 15.4. The number of unbranched alkanes of at least 4 members (excludes halogenated alkanes) is 4. The second kappa shape index (κ2) is 14.4. The molecule has 0 amide bonds. The van der Waals surface area contributed by atoms with Gasteiger partial charge in [-0.15, -0.1) is 11.8 Å². The SMILES string of the molecule is Oc1ccccc1C(CCCCCBr)SC(CCCCCBr)c1ccccc1O. The highest BCUT2D eigenvalue weighted by Gasteiger charge is 2.23. The van der Waals surface area contributed by atoms with Crippen molar-refractivity contribution in [2.75, 3.05) is 10.7 Å². The molecule has 160 valence electrons. The number of hydrogen-bond acceptors (Lipinski definition) is 3. The van der Waals surface area contributed by atoms with Gasteiger partial charge in [-0.3, -0.25) is 0 Å². The van der Waals surface area contributed by atoms with Crippen LogP contribution in [0.2, 0.25) is 0 Å². The van der Waals surface area contributed by atoms with E-state index in [1.165, 1.54) is 25.7 Å². The lowest BCUT2D eigenvalue weighted by molar-refractivity contribution is 0.464. The molecule has 0 aromatic heterocycles. The molecule has 2 nitrogen and oxygen atoms in total. The van der Waals surface area contributed by atoms with E-state index in [-0.39, 0.29) is 10.5 Å². The largest absolute Gasteiger partial charge is 0.508 e. The summed E-state index contributed by atoms with van der Waals surface area (Å²) in [4.78, 5) is 0. The topological polar surface area (TPSA) is 40.5 Å². The van der Waals surface area contributed by atoms with Crippen LogP contribution in [0.25, 0.3) is 0 Å². The lowest BCUT2D eigenvalue weighted by Gasteiger charge is -2.25. The summed E-state index contributed by atoms with van der Waals surface area (Å²) in [6.07, 6.45) is 9.04. The molecular formula is C24H32Br2O2S. The minimum atomic E-state index is 0.215. The van der Waals surface area contributed by atoms with Gasteiger partial charge >= 0.3 is 0 Å². The smallest absolute Gasteiger partial charge is 0.119 e. The Morgan fingerprint density at radius 3 is 1.41 bits per heavy atom. The molecule has 0 aliphatic carbocycles. The molecule has 2 rings (SSSR count). The molecule has 29 heavy (non-hydrogen) atoms. The predicted octanol–water partition coefficient (Wildman–Crippen LogP) is 8.52. The van der Waals surface area contributed by atoms with E-state index in [0.717, 1.165) is 47.5 Å². The highest BCUT2D eigenvalue weighted by Crippen LogP contribution is 2.49. The Bertz CT molecular complexity index is 651. The number of halogens is 2. The van der Waals surface area contributed by atoms with Crippen LogP contribution in [0.3, 0.4) is 0 Å². The predicted molar refractivity (Wildman–Crippen MR) is 134 cm³/mol. The molecule has 5 heteroatoms. The second-order valence-electron chi connectivity index (χ2n) is 7.31. The van der Waals surface area contributed by atoms with E-state index >= 15 is 0 Å². The molecule has 2 aromatic rings. The van der Waals surface area contributed by atoms with E-state index in [0.29, 0.717) is 11.5 Å². The van der Waals surface area contributed by atoms with Crippen molar-refractivity contribution in [2.24, 2.45) is 0 Å². The maximum Gasteiger partial charge on any atom is 0.119 e. The first kappa shape index (κ1) is 24.6. The van der Waals surface area contributed by atoms with Crippen molar-refractivity contribution in [3.05, 3.63) is 59.7 Å². The summed E-state index contributed by atoms with van der Waals surface area (Å²) in [6.45, 7) is 0. The van der Waals surface area contributed by atoms with Crippen molar-refractivity contribution in [3.8, 4) is 11.5 Å². The number of phenols is 2. The highest BCUT2D eigenvalue weighted by atomic mass is 79.9. The van der Waals surface area contributed by atoms with Crippen molar-refractivity contribution >= 4 is 43.6 Å². The van der Waals surface area contributed by atoms with E-state index in [1.54, 1.807) is 12.1 Å². The molecule has 0 aliphatic rings. The third-order valence-electron chi connectivity index (χ3n) is 5.10. The first-order valence-corrected chi connectivity index (χ1v) is 13.7. The van der Waals surface area contributed by atoms with Crippen LogP contribution in [0.15, 0.2) is 48.5 Å². The third kappa shape index (κ3) is 8.55. The van der Waals surface area contributed by atoms with Gasteiger partial charge in [0.05, 0.1) is 0 Å². The maximum atomic E-state index is 10.5. The second-order valence-corrected chi connectivity index (χ2v) is 10.3. The molecular weight excluding hydrogens is 512 g/mol. The van der Waals surface area contributed by atoms with Crippen LogP contribution in [-0.4, -0.2) is 20.9 Å². The fraction of sp³-hybridized carbons (Fsp3) is 0.500. The molecule has 0 spiro atoms. The minimum Gasteiger partial charge on any atom is -0.508 e.